The summed E-state index contributed by atoms with van der Waals surface area (Å²) >= 11 is 1.50. The SMILES string of the molecule is Cc1nonc1CN(C)Cc1cccc(OC2CCN(C(=O)c3cccs3)CC2)c1. The average Bonchev–Trinajstić information content (AvgIpc) is 3.41. The van der Waals surface area contributed by atoms with Crippen molar-refractivity contribution in [1.29, 1.82) is 0 Å². The third-order valence-electron chi connectivity index (χ3n) is 5.28. The second-order valence-corrected chi connectivity index (χ2v) is 8.65. The molecule has 0 bridgehead atoms. The fourth-order valence-electron chi connectivity index (χ4n) is 3.66. The van der Waals surface area contributed by atoms with Gasteiger partial charge in [0, 0.05) is 39.0 Å². The number of hydrogen-bond acceptors (Lipinski definition) is 7. The van der Waals surface area contributed by atoms with Crippen molar-refractivity contribution in [2.45, 2.75) is 39.0 Å². The van der Waals surface area contributed by atoms with E-state index in [9.17, 15) is 4.79 Å². The second-order valence-electron chi connectivity index (χ2n) is 7.70. The minimum Gasteiger partial charge on any atom is -0.490 e. The molecule has 1 saturated heterocycles. The topological polar surface area (TPSA) is 71.7 Å². The number of piperidine rings is 1. The number of carbonyl (C=O) groups is 1. The van der Waals surface area contributed by atoms with Crippen molar-refractivity contribution in [3.63, 3.8) is 0 Å². The lowest BCUT2D eigenvalue weighted by atomic mass is 10.1. The van der Waals surface area contributed by atoms with Crippen LogP contribution in [0.2, 0.25) is 0 Å². The molecule has 1 aromatic carbocycles. The number of benzene rings is 1. The normalized spacial score (nSPS) is 15.0. The highest BCUT2D eigenvalue weighted by Crippen LogP contribution is 2.23. The molecule has 0 spiro atoms. The quantitative estimate of drug-likeness (QED) is 0.573. The molecule has 1 aliphatic heterocycles. The van der Waals surface area contributed by atoms with Gasteiger partial charge >= 0.3 is 0 Å². The van der Waals surface area contributed by atoms with Crippen molar-refractivity contribution < 1.29 is 14.2 Å². The Morgan fingerprint density at radius 2 is 2.07 bits per heavy atom. The summed E-state index contributed by atoms with van der Waals surface area (Å²) in [6, 6.07) is 12.0. The maximum absolute atomic E-state index is 12.5. The third-order valence-corrected chi connectivity index (χ3v) is 6.14. The van der Waals surface area contributed by atoms with Crippen LogP contribution in [0.1, 0.15) is 39.5 Å². The van der Waals surface area contributed by atoms with Gasteiger partial charge in [0.2, 0.25) is 0 Å². The van der Waals surface area contributed by atoms with Crippen LogP contribution in [0.4, 0.5) is 0 Å². The first-order valence-electron chi connectivity index (χ1n) is 10.1. The van der Waals surface area contributed by atoms with Crippen LogP contribution < -0.4 is 4.74 Å². The summed E-state index contributed by atoms with van der Waals surface area (Å²) in [6.45, 7) is 4.81. The molecule has 1 aliphatic rings. The van der Waals surface area contributed by atoms with Gasteiger partial charge in [-0.2, -0.15) is 0 Å². The molecule has 1 fully saturated rings. The summed E-state index contributed by atoms with van der Waals surface area (Å²) in [5.41, 5.74) is 2.85. The van der Waals surface area contributed by atoms with Gasteiger partial charge in [0.05, 0.1) is 4.88 Å². The standard InChI is InChI=1S/C22H26N4O3S/c1-16-20(24-29-23-16)15-25(2)14-17-5-3-6-19(13-17)28-18-8-10-26(11-9-18)22(27)21-7-4-12-30-21/h3-7,12-13,18H,8-11,14-15H2,1-2H3. The van der Waals surface area contributed by atoms with Crippen molar-refractivity contribution in [3.05, 3.63) is 63.6 Å². The van der Waals surface area contributed by atoms with Gasteiger partial charge in [0.1, 0.15) is 23.2 Å². The number of thiophene rings is 1. The number of carbonyl (C=O) groups excluding carboxylic acids is 1. The molecule has 0 saturated carbocycles. The van der Waals surface area contributed by atoms with E-state index in [2.05, 4.69) is 27.3 Å². The average molecular weight is 427 g/mol. The lowest BCUT2D eigenvalue weighted by Crippen LogP contribution is -2.41. The molecule has 0 N–H and O–H groups in total. The van der Waals surface area contributed by atoms with E-state index in [-0.39, 0.29) is 12.0 Å². The zero-order valence-corrected chi connectivity index (χ0v) is 18.1. The Hall–Kier alpha value is -2.71. The van der Waals surface area contributed by atoms with E-state index in [0.29, 0.717) is 6.54 Å². The summed E-state index contributed by atoms with van der Waals surface area (Å²) in [6.07, 6.45) is 1.83. The lowest BCUT2D eigenvalue weighted by Gasteiger charge is -2.32. The smallest absolute Gasteiger partial charge is 0.263 e. The predicted octanol–water partition coefficient (Wildman–Crippen LogP) is 3.76. The number of hydrogen-bond donors (Lipinski definition) is 0. The summed E-state index contributed by atoms with van der Waals surface area (Å²) in [5.74, 6) is 1.01. The van der Waals surface area contributed by atoms with Crippen LogP contribution in [0, 0.1) is 6.92 Å². The summed E-state index contributed by atoms with van der Waals surface area (Å²) in [5, 5.41) is 9.72. The Labute approximate surface area is 180 Å². The molecule has 8 heteroatoms. The van der Waals surface area contributed by atoms with Crippen molar-refractivity contribution in [2.24, 2.45) is 0 Å². The Kier molecular flexibility index (Phi) is 6.44. The van der Waals surface area contributed by atoms with Crippen LogP contribution in [0.3, 0.4) is 0 Å². The summed E-state index contributed by atoms with van der Waals surface area (Å²) in [7, 11) is 2.04. The van der Waals surface area contributed by atoms with Crippen LogP contribution in [-0.2, 0) is 13.1 Å². The minimum atomic E-state index is 0.131. The molecule has 4 rings (SSSR count). The number of ether oxygens (including phenoxy) is 1. The van der Waals surface area contributed by atoms with Gasteiger partial charge in [-0.15, -0.1) is 11.3 Å². The van der Waals surface area contributed by atoms with Crippen LogP contribution in [0.25, 0.3) is 0 Å². The van der Waals surface area contributed by atoms with E-state index in [0.717, 1.165) is 54.5 Å². The Morgan fingerprint density at radius 3 is 2.77 bits per heavy atom. The highest BCUT2D eigenvalue weighted by Gasteiger charge is 2.25. The highest BCUT2D eigenvalue weighted by atomic mass is 32.1. The van der Waals surface area contributed by atoms with Gasteiger partial charge in [-0.25, -0.2) is 4.63 Å². The number of aromatic nitrogens is 2. The number of nitrogens with zero attached hydrogens (tertiary/aromatic N) is 4. The molecule has 158 valence electrons. The van der Waals surface area contributed by atoms with E-state index in [1.165, 1.54) is 16.9 Å². The van der Waals surface area contributed by atoms with E-state index in [1.54, 1.807) is 0 Å². The first-order valence-corrected chi connectivity index (χ1v) is 11.0. The van der Waals surface area contributed by atoms with Gasteiger partial charge in [-0.1, -0.05) is 28.5 Å². The molecule has 7 nitrogen and oxygen atoms in total. The van der Waals surface area contributed by atoms with Gasteiger partial charge in [0.25, 0.3) is 5.91 Å². The van der Waals surface area contributed by atoms with Gasteiger partial charge in [0.15, 0.2) is 0 Å². The maximum Gasteiger partial charge on any atom is 0.263 e. The van der Waals surface area contributed by atoms with Crippen molar-refractivity contribution >= 4 is 17.2 Å². The molecular weight excluding hydrogens is 400 g/mol. The number of amides is 1. The van der Waals surface area contributed by atoms with Crippen LogP contribution in [-0.4, -0.2) is 52.3 Å². The molecular formula is C22H26N4O3S. The molecule has 3 aromatic rings. The van der Waals surface area contributed by atoms with E-state index in [1.807, 2.05) is 48.5 Å². The largest absolute Gasteiger partial charge is 0.490 e. The van der Waals surface area contributed by atoms with Crippen LogP contribution >= 0.6 is 11.3 Å². The maximum atomic E-state index is 12.5. The fourth-order valence-corrected chi connectivity index (χ4v) is 4.35. The zero-order chi connectivity index (χ0) is 20.9. The molecule has 3 heterocycles. The Morgan fingerprint density at radius 1 is 1.23 bits per heavy atom. The van der Waals surface area contributed by atoms with E-state index >= 15 is 0 Å². The van der Waals surface area contributed by atoms with E-state index < -0.39 is 0 Å². The van der Waals surface area contributed by atoms with Gasteiger partial charge < -0.3 is 9.64 Å². The summed E-state index contributed by atoms with van der Waals surface area (Å²) < 4.78 is 11.0. The molecule has 0 unspecified atom stereocenters. The third kappa shape index (κ3) is 5.06. The fraction of sp³-hybridized carbons (Fsp3) is 0.409. The van der Waals surface area contributed by atoms with Crippen molar-refractivity contribution in [3.8, 4) is 5.75 Å². The minimum absolute atomic E-state index is 0.131. The monoisotopic (exact) mass is 426 g/mol. The highest BCUT2D eigenvalue weighted by molar-refractivity contribution is 7.12. The molecule has 0 radical (unpaired) electrons. The second kappa shape index (κ2) is 9.40. The molecule has 2 aromatic heterocycles. The Balaban J connectivity index is 1.28. The van der Waals surface area contributed by atoms with Gasteiger partial charge in [-0.05, 0) is 43.1 Å². The van der Waals surface area contributed by atoms with Crippen molar-refractivity contribution in [1.82, 2.24) is 20.1 Å². The van der Waals surface area contributed by atoms with E-state index in [4.69, 9.17) is 9.37 Å². The zero-order valence-electron chi connectivity index (χ0n) is 17.3. The predicted molar refractivity (Wildman–Crippen MR) is 115 cm³/mol. The van der Waals surface area contributed by atoms with Gasteiger partial charge in [-0.3, -0.25) is 9.69 Å². The lowest BCUT2D eigenvalue weighted by molar-refractivity contribution is 0.0600. The van der Waals surface area contributed by atoms with Crippen LogP contribution in [0.5, 0.6) is 5.75 Å². The Bertz CT molecular complexity index is 964. The molecule has 0 atom stereocenters. The number of rotatable bonds is 7. The summed E-state index contributed by atoms with van der Waals surface area (Å²) in [4.78, 5) is 17.4. The number of aryl methyl sites for hydroxylation is 1. The molecule has 30 heavy (non-hydrogen) atoms. The van der Waals surface area contributed by atoms with Crippen LogP contribution in [0.15, 0.2) is 46.4 Å². The first-order chi connectivity index (χ1) is 14.6. The number of likely N-dealkylation sites (tertiary alicyclic amines) is 1. The molecule has 1 amide bonds. The van der Waals surface area contributed by atoms with Crippen molar-refractivity contribution in [2.75, 3.05) is 20.1 Å². The molecule has 0 aliphatic carbocycles. The first kappa shape index (κ1) is 20.6.